The number of hydrogen-bond donors (Lipinski definition) is 2. The van der Waals surface area contributed by atoms with Crippen molar-refractivity contribution >= 4 is 29.1 Å². The van der Waals surface area contributed by atoms with Crippen molar-refractivity contribution in [2.75, 3.05) is 13.7 Å². The molecule has 0 aromatic heterocycles. The molecule has 0 spiro atoms. The molecule has 4 nitrogen and oxygen atoms in total. The Balaban J connectivity index is 2.05. The molecule has 22 heavy (non-hydrogen) atoms. The average Bonchev–Trinajstić information content (AvgIpc) is 2.52. The van der Waals surface area contributed by atoms with Gasteiger partial charge in [-0.15, -0.1) is 0 Å². The van der Waals surface area contributed by atoms with E-state index in [4.69, 9.17) is 27.9 Å². The molecule has 0 saturated heterocycles. The summed E-state index contributed by atoms with van der Waals surface area (Å²) < 4.78 is 5.13. The predicted molar refractivity (Wildman–Crippen MR) is 86.7 cm³/mol. The molecular formula is C16H15Cl2NO3. The summed E-state index contributed by atoms with van der Waals surface area (Å²) >= 11 is 11.8. The fourth-order valence-corrected chi connectivity index (χ4v) is 2.35. The highest BCUT2D eigenvalue weighted by molar-refractivity contribution is 6.34. The van der Waals surface area contributed by atoms with Crippen molar-refractivity contribution < 1.29 is 14.6 Å². The van der Waals surface area contributed by atoms with Crippen LogP contribution in [0.15, 0.2) is 42.5 Å². The van der Waals surface area contributed by atoms with Gasteiger partial charge in [0, 0.05) is 11.6 Å². The maximum Gasteiger partial charge on any atom is 0.256 e. The Labute approximate surface area is 138 Å². The Morgan fingerprint density at radius 2 is 1.91 bits per heavy atom. The lowest BCUT2D eigenvalue weighted by Crippen LogP contribution is -2.29. The Kier molecular flexibility index (Phi) is 5.66. The molecule has 0 fully saturated rings. The number of halogens is 2. The number of amides is 1. The molecule has 0 unspecified atom stereocenters. The number of carbonyl (C=O) groups is 1. The van der Waals surface area contributed by atoms with Crippen LogP contribution in [-0.4, -0.2) is 24.7 Å². The van der Waals surface area contributed by atoms with Crippen LogP contribution in [0.25, 0.3) is 0 Å². The van der Waals surface area contributed by atoms with Crippen molar-refractivity contribution in [3.05, 3.63) is 63.6 Å². The number of ether oxygens (including phenoxy) is 1. The van der Waals surface area contributed by atoms with Crippen molar-refractivity contribution in [1.82, 2.24) is 5.32 Å². The fraction of sp³-hybridized carbons (Fsp3) is 0.188. The normalized spacial score (nSPS) is 11.8. The van der Waals surface area contributed by atoms with Crippen LogP contribution in [0.1, 0.15) is 22.0 Å². The summed E-state index contributed by atoms with van der Waals surface area (Å²) in [6.45, 7) is 0.0504. The second-order valence-electron chi connectivity index (χ2n) is 4.59. The number of carbonyl (C=O) groups excluding carboxylic acids is 1. The van der Waals surface area contributed by atoms with E-state index in [1.165, 1.54) is 7.11 Å². The standard InChI is InChI=1S/C16H15Cl2NO3/c1-22-14-4-2-3-12(18)15(14)16(21)19-9-13(20)10-5-7-11(17)8-6-10/h2-8,13,20H,9H2,1H3,(H,19,21)/t13-/m1/s1. The third-order valence-electron chi connectivity index (χ3n) is 3.13. The summed E-state index contributed by atoms with van der Waals surface area (Å²) in [6.07, 6.45) is -0.838. The molecule has 2 rings (SSSR count). The molecule has 0 aliphatic rings. The molecule has 2 aromatic carbocycles. The number of nitrogens with one attached hydrogen (secondary N) is 1. The van der Waals surface area contributed by atoms with Crippen LogP contribution < -0.4 is 10.1 Å². The van der Waals surface area contributed by atoms with Gasteiger partial charge < -0.3 is 15.2 Å². The van der Waals surface area contributed by atoms with Crippen LogP contribution in [0, 0.1) is 0 Å². The molecular weight excluding hydrogens is 325 g/mol. The van der Waals surface area contributed by atoms with E-state index >= 15 is 0 Å². The van der Waals surface area contributed by atoms with Gasteiger partial charge in [0.1, 0.15) is 5.75 Å². The minimum atomic E-state index is -0.838. The maximum absolute atomic E-state index is 12.2. The van der Waals surface area contributed by atoms with Gasteiger partial charge in [-0.1, -0.05) is 41.4 Å². The minimum Gasteiger partial charge on any atom is -0.496 e. The number of aliphatic hydroxyl groups excluding tert-OH is 1. The van der Waals surface area contributed by atoms with Crippen molar-refractivity contribution in [2.45, 2.75) is 6.10 Å². The molecule has 0 heterocycles. The summed E-state index contributed by atoms with van der Waals surface area (Å²) in [6, 6.07) is 11.7. The highest BCUT2D eigenvalue weighted by Crippen LogP contribution is 2.26. The van der Waals surface area contributed by atoms with Crippen LogP contribution in [0.3, 0.4) is 0 Å². The first-order valence-electron chi connectivity index (χ1n) is 6.57. The van der Waals surface area contributed by atoms with Gasteiger partial charge >= 0.3 is 0 Å². The molecule has 1 amide bonds. The van der Waals surface area contributed by atoms with E-state index in [2.05, 4.69) is 5.32 Å². The summed E-state index contributed by atoms with van der Waals surface area (Å²) in [5, 5.41) is 13.6. The Morgan fingerprint density at radius 3 is 2.55 bits per heavy atom. The monoisotopic (exact) mass is 339 g/mol. The van der Waals surface area contributed by atoms with Gasteiger partial charge in [0.25, 0.3) is 5.91 Å². The summed E-state index contributed by atoms with van der Waals surface area (Å²) in [4.78, 5) is 12.2. The number of benzene rings is 2. The summed E-state index contributed by atoms with van der Waals surface area (Å²) in [5.41, 5.74) is 0.908. The summed E-state index contributed by atoms with van der Waals surface area (Å²) in [7, 11) is 1.46. The molecule has 0 aliphatic heterocycles. The van der Waals surface area contributed by atoms with Crippen LogP contribution in [-0.2, 0) is 0 Å². The highest BCUT2D eigenvalue weighted by atomic mass is 35.5. The largest absolute Gasteiger partial charge is 0.496 e. The molecule has 0 radical (unpaired) electrons. The average molecular weight is 340 g/mol. The topological polar surface area (TPSA) is 58.6 Å². The summed E-state index contributed by atoms with van der Waals surface area (Å²) in [5.74, 6) is -0.0264. The molecule has 2 aromatic rings. The minimum absolute atomic E-state index is 0.0504. The van der Waals surface area contributed by atoms with E-state index in [0.29, 0.717) is 16.3 Å². The Bertz CT molecular complexity index is 659. The smallest absolute Gasteiger partial charge is 0.256 e. The zero-order valence-corrected chi connectivity index (χ0v) is 13.4. The SMILES string of the molecule is COc1cccc(Cl)c1C(=O)NC[C@@H](O)c1ccc(Cl)cc1. The van der Waals surface area contributed by atoms with Crippen LogP contribution in [0.2, 0.25) is 10.0 Å². The fourth-order valence-electron chi connectivity index (χ4n) is 1.98. The zero-order chi connectivity index (χ0) is 16.1. The van der Waals surface area contributed by atoms with Gasteiger partial charge in [-0.05, 0) is 29.8 Å². The van der Waals surface area contributed by atoms with Crippen molar-refractivity contribution in [1.29, 1.82) is 0 Å². The molecule has 0 bridgehead atoms. The highest BCUT2D eigenvalue weighted by Gasteiger charge is 2.17. The molecule has 116 valence electrons. The van der Waals surface area contributed by atoms with E-state index in [1.807, 2.05) is 0 Å². The van der Waals surface area contributed by atoms with E-state index in [9.17, 15) is 9.90 Å². The number of aliphatic hydroxyl groups is 1. The molecule has 1 atom stereocenters. The van der Waals surface area contributed by atoms with Gasteiger partial charge in [-0.25, -0.2) is 0 Å². The number of hydrogen-bond acceptors (Lipinski definition) is 3. The molecule has 2 N–H and O–H groups in total. The maximum atomic E-state index is 12.2. The van der Waals surface area contributed by atoms with Gasteiger partial charge in [-0.2, -0.15) is 0 Å². The van der Waals surface area contributed by atoms with E-state index < -0.39 is 12.0 Å². The van der Waals surface area contributed by atoms with Crippen molar-refractivity contribution in [2.24, 2.45) is 0 Å². The molecule has 6 heteroatoms. The first kappa shape index (κ1) is 16.6. The zero-order valence-electron chi connectivity index (χ0n) is 11.8. The van der Waals surface area contributed by atoms with E-state index in [-0.39, 0.29) is 17.1 Å². The third-order valence-corrected chi connectivity index (χ3v) is 3.70. The van der Waals surface area contributed by atoms with Crippen LogP contribution in [0.4, 0.5) is 0 Å². The van der Waals surface area contributed by atoms with Gasteiger partial charge in [0.15, 0.2) is 0 Å². The Hall–Kier alpha value is -1.75. The molecule has 0 aliphatic carbocycles. The van der Waals surface area contributed by atoms with Gasteiger partial charge in [-0.3, -0.25) is 4.79 Å². The van der Waals surface area contributed by atoms with Crippen LogP contribution >= 0.6 is 23.2 Å². The second-order valence-corrected chi connectivity index (χ2v) is 5.44. The van der Waals surface area contributed by atoms with E-state index in [0.717, 1.165) is 0 Å². The van der Waals surface area contributed by atoms with Crippen molar-refractivity contribution in [3.63, 3.8) is 0 Å². The lowest BCUT2D eigenvalue weighted by Gasteiger charge is -2.14. The first-order valence-corrected chi connectivity index (χ1v) is 7.32. The third kappa shape index (κ3) is 3.91. The lowest BCUT2D eigenvalue weighted by molar-refractivity contribution is 0.0913. The molecule has 0 saturated carbocycles. The van der Waals surface area contributed by atoms with Crippen LogP contribution in [0.5, 0.6) is 5.75 Å². The number of methoxy groups -OCH3 is 1. The van der Waals surface area contributed by atoms with E-state index in [1.54, 1.807) is 42.5 Å². The number of rotatable bonds is 5. The second kappa shape index (κ2) is 7.49. The quantitative estimate of drug-likeness (QED) is 0.876. The lowest BCUT2D eigenvalue weighted by atomic mass is 10.1. The first-order chi connectivity index (χ1) is 10.5. The van der Waals surface area contributed by atoms with Crippen molar-refractivity contribution in [3.8, 4) is 5.75 Å². The predicted octanol–water partition coefficient (Wildman–Crippen LogP) is 3.47. The van der Waals surface area contributed by atoms with Gasteiger partial charge in [0.2, 0.25) is 0 Å². The van der Waals surface area contributed by atoms with Gasteiger partial charge in [0.05, 0.1) is 23.8 Å². The Morgan fingerprint density at radius 1 is 1.23 bits per heavy atom.